The highest BCUT2D eigenvalue weighted by Gasteiger charge is 2.23. The van der Waals surface area contributed by atoms with Gasteiger partial charge >= 0.3 is 0 Å². The van der Waals surface area contributed by atoms with Crippen LogP contribution in [0.5, 0.6) is 0 Å². The van der Waals surface area contributed by atoms with Gasteiger partial charge in [0.05, 0.1) is 39.9 Å². The van der Waals surface area contributed by atoms with Gasteiger partial charge in [0.2, 0.25) is 5.91 Å². The molecule has 0 aromatic rings. The molecule has 0 aliphatic rings. The average Bonchev–Trinajstić information content (AvgIpc) is 3.28. The van der Waals surface area contributed by atoms with E-state index in [1.807, 2.05) is 27.2 Å². The van der Waals surface area contributed by atoms with Crippen LogP contribution < -0.4 is 10.2 Å². The number of phosphoric ester groups is 1. The second-order valence-electron chi connectivity index (χ2n) is 17.4. The number of aliphatic hydroxyl groups is 1. The van der Waals surface area contributed by atoms with Crippen molar-refractivity contribution in [1.82, 2.24) is 5.32 Å². The fraction of sp³-hybridized carbons (Fsp3) is 0.561. The van der Waals surface area contributed by atoms with Gasteiger partial charge in [-0.05, 0) is 109 Å². The topological polar surface area (TPSA) is 108 Å². The SMILES string of the molecule is CC/C=C\C/C=C\C/C=C\C/C=C\C/C=C\C/C=C\C/C=C\C/C=C\C/C=C\C/C=C\CCCCC(=O)NC(COP(=O)([O-])OCC[N+](C)(C)C)C(O)/C=C/CC/C=C/CCCCCCC. The molecule has 8 nitrogen and oxygen atoms in total. The van der Waals surface area contributed by atoms with Gasteiger partial charge in [0.25, 0.3) is 7.82 Å². The highest BCUT2D eigenvalue weighted by molar-refractivity contribution is 7.45. The molecule has 0 spiro atoms. The van der Waals surface area contributed by atoms with Gasteiger partial charge < -0.3 is 28.8 Å². The van der Waals surface area contributed by atoms with Crippen molar-refractivity contribution in [2.24, 2.45) is 0 Å². The van der Waals surface area contributed by atoms with E-state index in [2.05, 4.69) is 153 Å². The van der Waals surface area contributed by atoms with Crippen LogP contribution in [-0.2, 0) is 18.4 Å². The number of rotatable bonds is 43. The molecule has 0 aliphatic heterocycles. The molecular formula is C57H93N2O6P. The number of unbranched alkanes of at least 4 members (excludes halogenated alkanes) is 8. The Labute approximate surface area is 404 Å². The third kappa shape index (κ3) is 48.3. The third-order valence-corrected chi connectivity index (χ3v) is 11.0. The summed E-state index contributed by atoms with van der Waals surface area (Å²) in [5, 5.41) is 13.7. The normalized spacial score (nSPS) is 15.3. The molecule has 66 heavy (non-hydrogen) atoms. The van der Waals surface area contributed by atoms with Crippen molar-refractivity contribution in [3.05, 3.63) is 146 Å². The number of hydrogen-bond donors (Lipinski definition) is 2. The smallest absolute Gasteiger partial charge is 0.268 e. The monoisotopic (exact) mass is 933 g/mol. The van der Waals surface area contributed by atoms with Crippen LogP contribution in [0.15, 0.2) is 146 Å². The van der Waals surface area contributed by atoms with Crippen LogP contribution in [0.3, 0.4) is 0 Å². The number of quaternary nitrogens is 1. The molecule has 0 saturated heterocycles. The second-order valence-corrected chi connectivity index (χ2v) is 18.8. The number of amides is 1. The Kier molecular flexibility index (Phi) is 43.9. The van der Waals surface area contributed by atoms with Crippen LogP contribution in [-0.4, -0.2) is 68.5 Å². The Morgan fingerprint density at radius 3 is 1.39 bits per heavy atom. The van der Waals surface area contributed by atoms with Crippen molar-refractivity contribution in [1.29, 1.82) is 0 Å². The largest absolute Gasteiger partial charge is 0.756 e. The fourth-order valence-electron chi connectivity index (χ4n) is 6.08. The Morgan fingerprint density at radius 1 is 0.545 bits per heavy atom. The summed E-state index contributed by atoms with van der Waals surface area (Å²) < 4.78 is 23.1. The molecular weight excluding hydrogens is 840 g/mol. The van der Waals surface area contributed by atoms with E-state index in [1.165, 1.54) is 32.1 Å². The minimum atomic E-state index is -4.62. The predicted molar refractivity (Wildman–Crippen MR) is 283 cm³/mol. The van der Waals surface area contributed by atoms with Gasteiger partial charge in [-0.1, -0.05) is 185 Å². The van der Waals surface area contributed by atoms with Crippen molar-refractivity contribution < 1.29 is 32.9 Å². The van der Waals surface area contributed by atoms with Gasteiger partial charge in [0.15, 0.2) is 0 Å². The van der Waals surface area contributed by atoms with Gasteiger partial charge in [0.1, 0.15) is 13.2 Å². The minimum absolute atomic E-state index is 0.0240. The van der Waals surface area contributed by atoms with E-state index < -0.39 is 26.6 Å². The summed E-state index contributed by atoms with van der Waals surface area (Å²) in [6.07, 6.45) is 72.1. The maximum Gasteiger partial charge on any atom is 0.268 e. The zero-order valence-corrected chi connectivity index (χ0v) is 43.0. The third-order valence-electron chi connectivity index (χ3n) is 10.0. The number of phosphoric acid groups is 1. The molecule has 1 amide bonds. The number of hydrogen-bond acceptors (Lipinski definition) is 6. The van der Waals surface area contributed by atoms with Crippen LogP contribution in [0, 0.1) is 0 Å². The van der Waals surface area contributed by atoms with Crippen molar-refractivity contribution >= 4 is 13.7 Å². The lowest BCUT2D eigenvalue weighted by Crippen LogP contribution is -2.45. The number of carbonyl (C=O) groups is 1. The van der Waals surface area contributed by atoms with E-state index in [-0.39, 0.29) is 18.9 Å². The lowest BCUT2D eigenvalue weighted by atomic mass is 10.1. The molecule has 9 heteroatoms. The Morgan fingerprint density at radius 2 is 0.939 bits per heavy atom. The number of aliphatic hydroxyl groups excluding tert-OH is 1. The van der Waals surface area contributed by atoms with Crippen molar-refractivity contribution in [3.8, 4) is 0 Å². The summed E-state index contributed by atoms with van der Waals surface area (Å²) in [7, 11) is 1.18. The second kappa shape index (κ2) is 46.5. The average molecular weight is 933 g/mol. The molecule has 0 aliphatic carbocycles. The summed E-state index contributed by atoms with van der Waals surface area (Å²) in [4.78, 5) is 25.3. The van der Waals surface area contributed by atoms with Crippen LogP contribution in [0.2, 0.25) is 0 Å². The first kappa shape index (κ1) is 62.4. The lowest BCUT2D eigenvalue weighted by molar-refractivity contribution is -0.870. The first-order chi connectivity index (χ1) is 32.0. The Balaban J connectivity index is 4.35. The van der Waals surface area contributed by atoms with Crippen LogP contribution >= 0.6 is 7.82 Å². The highest BCUT2D eigenvalue weighted by atomic mass is 31.2. The molecule has 0 saturated carbocycles. The molecule has 0 bridgehead atoms. The zero-order valence-electron chi connectivity index (χ0n) is 42.1. The van der Waals surface area contributed by atoms with Crippen LogP contribution in [0.25, 0.3) is 0 Å². The van der Waals surface area contributed by atoms with Crippen LogP contribution in [0.4, 0.5) is 0 Å². The minimum Gasteiger partial charge on any atom is -0.756 e. The molecule has 3 atom stereocenters. The predicted octanol–water partition coefficient (Wildman–Crippen LogP) is 14.3. The van der Waals surface area contributed by atoms with Crippen LogP contribution in [0.1, 0.15) is 155 Å². The van der Waals surface area contributed by atoms with Crippen molar-refractivity contribution in [2.75, 3.05) is 40.9 Å². The van der Waals surface area contributed by atoms with E-state index in [4.69, 9.17) is 9.05 Å². The molecule has 0 rings (SSSR count). The van der Waals surface area contributed by atoms with Crippen molar-refractivity contribution in [2.45, 2.75) is 167 Å². The molecule has 0 aromatic heterocycles. The number of allylic oxidation sites excluding steroid dienone is 23. The molecule has 0 aromatic carbocycles. The quantitative estimate of drug-likeness (QED) is 0.0273. The molecule has 0 heterocycles. The van der Waals surface area contributed by atoms with E-state index in [9.17, 15) is 19.4 Å². The number of likely N-dealkylation sites (N-methyl/N-ethyl adjacent to an activating group) is 1. The summed E-state index contributed by atoms with van der Waals surface area (Å²) in [6, 6.07) is -0.936. The maximum atomic E-state index is 12.9. The lowest BCUT2D eigenvalue weighted by Gasteiger charge is -2.29. The zero-order chi connectivity index (χ0) is 48.5. The van der Waals surface area contributed by atoms with Crippen molar-refractivity contribution in [3.63, 3.8) is 0 Å². The molecule has 3 unspecified atom stereocenters. The Hall–Kier alpha value is -3.62. The molecule has 372 valence electrons. The molecule has 0 fully saturated rings. The highest BCUT2D eigenvalue weighted by Crippen LogP contribution is 2.38. The molecule has 2 N–H and O–H groups in total. The van der Waals surface area contributed by atoms with E-state index >= 15 is 0 Å². The number of carbonyl (C=O) groups excluding carboxylic acids is 1. The molecule has 0 radical (unpaired) electrons. The van der Waals surface area contributed by atoms with E-state index in [0.717, 1.165) is 96.3 Å². The van der Waals surface area contributed by atoms with E-state index in [0.29, 0.717) is 17.4 Å². The van der Waals surface area contributed by atoms with Gasteiger partial charge in [-0.3, -0.25) is 9.36 Å². The summed E-state index contributed by atoms with van der Waals surface area (Å²) in [5.41, 5.74) is 0. The summed E-state index contributed by atoms with van der Waals surface area (Å²) in [6.45, 7) is 4.41. The first-order valence-electron chi connectivity index (χ1n) is 25.2. The number of nitrogens with zero attached hydrogens (tertiary/aromatic N) is 1. The van der Waals surface area contributed by atoms with Gasteiger partial charge in [-0.2, -0.15) is 0 Å². The maximum absolute atomic E-state index is 12.9. The number of nitrogens with one attached hydrogen (secondary N) is 1. The summed E-state index contributed by atoms with van der Waals surface area (Å²) >= 11 is 0. The first-order valence-corrected chi connectivity index (χ1v) is 26.7. The standard InChI is InChI=1S/C57H93N2O6P/c1-6-8-10-12-14-16-18-19-20-21-22-23-24-25-26-27-28-29-30-31-32-33-34-35-36-37-38-39-41-43-45-47-49-51-57(61)58-55(54-65-66(62,63)64-53-52-59(3,4)5)56(60)50-48-46-44-42-40-17-15-13-11-9-7-2/h8,10,14,16,19-20,22-23,25-26,28-29,31-32,34-35,37-38,40-43,48,50,55-56,60H,6-7,9,11-13,15,17-18,21,24,27,30,33,36,39,44-47,49,51-54H2,1-5H3,(H-,58,61,62,63)/b10-8-,16-14-,20-19-,23-22-,26-25-,29-28-,32-31-,35-34-,38-37-,42-40+,43-41-,50-48+. The van der Waals surface area contributed by atoms with Gasteiger partial charge in [-0.25, -0.2) is 0 Å². The Bertz CT molecular complexity index is 1570. The van der Waals surface area contributed by atoms with E-state index in [1.54, 1.807) is 6.08 Å². The fourth-order valence-corrected chi connectivity index (χ4v) is 6.80. The summed E-state index contributed by atoms with van der Waals surface area (Å²) in [5.74, 6) is -0.259. The van der Waals surface area contributed by atoms with Gasteiger partial charge in [0, 0.05) is 6.42 Å². The van der Waals surface area contributed by atoms with Gasteiger partial charge in [-0.15, -0.1) is 0 Å².